The van der Waals surface area contributed by atoms with Crippen molar-refractivity contribution in [2.75, 3.05) is 5.32 Å². The lowest BCUT2D eigenvalue weighted by molar-refractivity contribution is -0.151. The Morgan fingerprint density at radius 2 is 2.11 bits per heavy atom. The van der Waals surface area contributed by atoms with Crippen molar-refractivity contribution in [1.82, 2.24) is 19.6 Å². The number of hydrogen-bond acceptors (Lipinski definition) is 4. The topological polar surface area (TPSA) is 55.1 Å². The van der Waals surface area contributed by atoms with Crippen molar-refractivity contribution >= 4 is 11.6 Å². The maximum absolute atomic E-state index is 12.9. The van der Waals surface area contributed by atoms with E-state index in [-0.39, 0.29) is 24.4 Å². The molecule has 1 saturated carbocycles. The predicted octanol–water partition coefficient (Wildman–Crippen LogP) is 1.94. The fraction of sp³-hybridized carbons (Fsp3) is 0.500. The molecular weight excluding hydrogens is 247 g/mol. The lowest BCUT2D eigenvalue weighted by atomic mass is 10.2. The van der Waals surface area contributed by atoms with Crippen molar-refractivity contribution in [2.45, 2.75) is 31.5 Å². The number of halogens is 3. The van der Waals surface area contributed by atoms with Crippen LogP contribution in [0.5, 0.6) is 0 Å². The number of rotatable bonds is 2. The maximum Gasteiger partial charge on any atom is 0.411 e. The number of hydrogen-bond donors (Lipinski definition) is 1. The third-order valence-electron chi connectivity index (χ3n) is 3.04. The molecule has 2 aromatic heterocycles. The molecule has 0 saturated heterocycles. The van der Waals surface area contributed by atoms with Gasteiger partial charge in [0, 0.05) is 11.8 Å². The first kappa shape index (κ1) is 11.2. The molecule has 18 heavy (non-hydrogen) atoms. The van der Waals surface area contributed by atoms with Crippen molar-refractivity contribution < 1.29 is 13.2 Å². The van der Waals surface area contributed by atoms with Gasteiger partial charge >= 0.3 is 6.18 Å². The zero-order valence-corrected chi connectivity index (χ0v) is 9.49. The number of alkyl halides is 3. The highest BCUT2D eigenvalue weighted by Gasteiger charge is 2.63. The quantitative estimate of drug-likeness (QED) is 0.893. The minimum Gasteiger partial charge on any atom is -0.356 e. The highest BCUT2D eigenvalue weighted by atomic mass is 19.4. The molecule has 0 radical (unpaired) electrons. The average Bonchev–Trinajstić information content (AvgIpc) is 2.88. The summed E-state index contributed by atoms with van der Waals surface area (Å²) in [4.78, 5) is 7.95. The molecule has 0 unspecified atom stereocenters. The first-order valence-corrected chi connectivity index (χ1v) is 5.44. The summed E-state index contributed by atoms with van der Waals surface area (Å²) in [5.41, 5.74) is -1.23. The molecule has 2 aromatic rings. The van der Waals surface area contributed by atoms with Crippen LogP contribution >= 0.6 is 0 Å². The number of anilines is 1. The fourth-order valence-corrected chi connectivity index (χ4v) is 1.87. The van der Waals surface area contributed by atoms with Gasteiger partial charge in [0.1, 0.15) is 17.7 Å². The predicted molar refractivity (Wildman–Crippen MR) is 57.2 cm³/mol. The van der Waals surface area contributed by atoms with Crippen LogP contribution in [0.25, 0.3) is 5.78 Å². The van der Waals surface area contributed by atoms with Crippen LogP contribution in [-0.4, -0.2) is 31.3 Å². The Morgan fingerprint density at radius 1 is 1.39 bits per heavy atom. The standard InChI is InChI=1S/C10H10F3N5/c1-6-4-7(18-8(16-6)14-5-15-18)17-9(2-3-9)10(11,12)13/h4-5,17H,2-3H2,1H3. The molecule has 0 spiro atoms. The largest absolute Gasteiger partial charge is 0.411 e. The van der Waals surface area contributed by atoms with E-state index < -0.39 is 11.7 Å². The molecule has 2 heterocycles. The Morgan fingerprint density at radius 3 is 2.72 bits per heavy atom. The first-order chi connectivity index (χ1) is 8.41. The summed E-state index contributed by atoms with van der Waals surface area (Å²) in [6.45, 7) is 1.70. The minimum absolute atomic E-state index is 0.0774. The second kappa shape index (κ2) is 3.33. The van der Waals surface area contributed by atoms with Gasteiger partial charge in [0.2, 0.25) is 0 Å². The van der Waals surface area contributed by atoms with E-state index in [2.05, 4.69) is 20.4 Å². The van der Waals surface area contributed by atoms with E-state index in [0.717, 1.165) is 0 Å². The summed E-state index contributed by atoms with van der Waals surface area (Å²) < 4.78 is 39.9. The van der Waals surface area contributed by atoms with E-state index in [1.807, 2.05) is 0 Å². The second-order valence-electron chi connectivity index (χ2n) is 4.46. The smallest absolute Gasteiger partial charge is 0.356 e. The summed E-state index contributed by atoms with van der Waals surface area (Å²) in [7, 11) is 0. The van der Waals surface area contributed by atoms with E-state index in [1.165, 1.54) is 16.9 Å². The molecular formula is C10H10F3N5. The monoisotopic (exact) mass is 257 g/mol. The van der Waals surface area contributed by atoms with Gasteiger partial charge in [0.15, 0.2) is 0 Å². The summed E-state index contributed by atoms with van der Waals surface area (Å²) in [5.74, 6) is 0.556. The molecule has 1 aliphatic carbocycles. The first-order valence-electron chi connectivity index (χ1n) is 5.44. The molecule has 5 nitrogen and oxygen atoms in total. The molecule has 0 amide bonds. The summed E-state index contributed by atoms with van der Waals surface area (Å²) in [5, 5.41) is 6.40. The Labute approximate surface area is 100 Å². The normalized spacial score (nSPS) is 18.0. The van der Waals surface area contributed by atoms with E-state index in [9.17, 15) is 13.2 Å². The molecule has 1 fully saturated rings. The van der Waals surface area contributed by atoms with Crippen LogP contribution in [0.15, 0.2) is 12.4 Å². The molecule has 1 aliphatic rings. The maximum atomic E-state index is 12.9. The number of fused-ring (bicyclic) bond motifs is 1. The van der Waals surface area contributed by atoms with Crippen molar-refractivity contribution in [3.8, 4) is 0 Å². The van der Waals surface area contributed by atoms with E-state index in [0.29, 0.717) is 5.69 Å². The van der Waals surface area contributed by atoms with Crippen molar-refractivity contribution in [2.24, 2.45) is 0 Å². The third kappa shape index (κ3) is 1.59. The molecule has 0 bridgehead atoms. The number of aryl methyl sites for hydroxylation is 1. The van der Waals surface area contributed by atoms with Gasteiger partial charge in [-0.3, -0.25) is 0 Å². The van der Waals surface area contributed by atoms with Gasteiger partial charge in [-0.2, -0.15) is 27.8 Å². The van der Waals surface area contributed by atoms with Crippen molar-refractivity contribution in [1.29, 1.82) is 0 Å². The fourth-order valence-electron chi connectivity index (χ4n) is 1.87. The Bertz CT molecular complexity index is 599. The summed E-state index contributed by atoms with van der Waals surface area (Å²) >= 11 is 0. The average molecular weight is 257 g/mol. The summed E-state index contributed by atoms with van der Waals surface area (Å²) in [6, 6.07) is 1.54. The van der Waals surface area contributed by atoms with Crippen molar-refractivity contribution in [3.63, 3.8) is 0 Å². The van der Waals surface area contributed by atoms with Gasteiger partial charge < -0.3 is 5.32 Å². The van der Waals surface area contributed by atoms with E-state index >= 15 is 0 Å². The molecule has 1 N–H and O–H groups in total. The van der Waals surface area contributed by atoms with E-state index in [1.54, 1.807) is 6.92 Å². The number of aromatic nitrogens is 4. The third-order valence-corrected chi connectivity index (χ3v) is 3.04. The van der Waals surface area contributed by atoms with Gasteiger partial charge in [0.25, 0.3) is 5.78 Å². The van der Waals surface area contributed by atoms with Crippen molar-refractivity contribution in [3.05, 3.63) is 18.1 Å². The van der Waals surface area contributed by atoms with Gasteiger partial charge in [-0.1, -0.05) is 0 Å². The Balaban J connectivity index is 2.03. The molecule has 0 atom stereocenters. The number of nitrogens with zero attached hydrogens (tertiary/aromatic N) is 4. The van der Waals surface area contributed by atoms with Crippen LogP contribution in [0.4, 0.5) is 19.0 Å². The van der Waals surface area contributed by atoms with Gasteiger partial charge in [-0.05, 0) is 19.8 Å². The molecule has 96 valence electrons. The van der Waals surface area contributed by atoms with Gasteiger partial charge in [-0.15, -0.1) is 0 Å². The van der Waals surface area contributed by atoms with Gasteiger partial charge in [-0.25, -0.2) is 4.98 Å². The summed E-state index contributed by atoms with van der Waals surface area (Å²) in [6.07, 6.45) is -2.85. The minimum atomic E-state index is -4.27. The highest BCUT2D eigenvalue weighted by Crippen LogP contribution is 2.51. The second-order valence-corrected chi connectivity index (χ2v) is 4.46. The lowest BCUT2D eigenvalue weighted by Crippen LogP contribution is -2.39. The van der Waals surface area contributed by atoms with Crippen LogP contribution in [0.3, 0.4) is 0 Å². The Hall–Kier alpha value is -1.86. The van der Waals surface area contributed by atoms with Crippen LogP contribution < -0.4 is 5.32 Å². The SMILES string of the molecule is Cc1cc(NC2(C(F)(F)F)CC2)n2ncnc2n1. The van der Waals surface area contributed by atoms with Gasteiger partial charge in [0.05, 0.1) is 0 Å². The lowest BCUT2D eigenvalue weighted by Gasteiger charge is -2.22. The highest BCUT2D eigenvalue weighted by molar-refractivity contribution is 5.48. The molecule has 0 aromatic carbocycles. The zero-order valence-electron chi connectivity index (χ0n) is 9.49. The zero-order chi connectivity index (χ0) is 13.0. The Kier molecular flexibility index (Phi) is 2.08. The van der Waals surface area contributed by atoms with Crippen LogP contribution in [0, 0.1) is 6.92 Å². The molecule has 3 rings (SSSR count). The molecule has 0 aliphatic heterocycles. The van der Waals surface area contributed by atoms with Crippen LogP contribution in [-0.2, 0) is 0 Å². The van der Waals surface area contributed by atoms with Crippen LogP contribution in [0.2, 0.25) is 0 Å². The van der Waals surface area contributed by atoms with E-state index in [4.69, 9.17) is 0 Å². The number of nitrogens with one attached hydrogen (secondary N) is 1. The van der Waals surface area contributed by atoms with Crippen LogP contribution in [0.1, 0.15) is 18.5 Å². The molecule has 8 heteroatoms.